The van der Waals surface area contributed by atoms with Gasteiger partial charge in [0.2, 0.25) is 4.73 Å². The molecule has 0 aromatic carbocycles. The number of fused-ring (bicyclic) bond motifs is 1. The molecule has 0 saturated heterocycles. The van der Waals surface area contributed by atoms with Gasteiger partial charge in [0, 0.05) is 6.20 Å². The monoisotopic (exact) mass is 227 g/mol. The van der Waals surface area contributed by atoms with Crippen LogP contribution < -0.4 is 0 Å². The van der Waals surface area contributed by atoms with Crippen LogP contribution >= 0.6 is 15.9 Å². The lowest BCUT2D eigenvalue weighted by Crippen LogP contribution is -1.90. The number of aromatic nitrogens is 3. The molecule has 2 aromatic rings. The second-order valence-electron chi connectivity index (χ2n) is 2.38. The van der Waals surface area contributed by atoms with Crippen molar-refractivity contribution in [3.8, 4) is 0 Å². The van der Waals surface area contributed by atoms with Crippen molar-refractivity contribution in [2.75, 3.05) is 0 Å². The minimum absolute atomic E-state index is 0.0212. The van der Waals surface area contributed by atoms with Gasteiger partial charge in [0.25, 0.3) is 0 Å². The second-order valence-corrected chi connectivity index (χ2v) is 3.09. The molecule has 12 heavy (non-hydrogen) atoms. The first-order valence-corrected chi connectivity index (χ1v) is 4.20. The summed E-state index contributed by atoms with van der Waals surface area (Å²) in [4.78, 5) is 4.08. The zero-order valence-electron chi connectivity index (χ0n) is 6.11. The summed E-state index contributed by atoms with van der Waals surface area (Å²) >= 11 is 3.17. The highest BCUT2D eigenvalue weighted by atomic mass is 79.9. The molecule has 2 rings (SSSR count). The average Bonchev–Trinajstić information content (AvgIpc) is 2.43. The van der Waals surface area contributed by atoms with Crippen LogP contribution in [-0.4, -0.2) is 19.7 Å². The summed E-state index contributed by atoms with van der Waals surface area (Å²) in [5.41, 5.74) is 1.58. The molecule has 2 aromatic heterocycles. The fourth-order valence-electron chi connectivity index (χ4n) is 0.992. The van der Waals surface area contributed by atoms with Crippen molar-refractivity contribution < 1.29 is 5.11 Å². The van der Waals surface area contributed by atoms with Crippen molar-refractivity contribution in [2.45, 2.75) is 6.61 Å². The number of hydrogen-bond acceptors (Lipinski definition) is 3. The number of aliphatic hydroxyl groups is 1. The molecular formula is C7H6BrN3O. The SMILES string of the molecule is OCc1ccc2nc(Br)nn2c1. The molecule has 0 radical (unpaired) electrons. The van der Waals surface area contributed by atoms with E-state index in [1.165, 1.54) is 0 Å². The van der Waals surface area contributed by atoms with Crippen LogP contribution in [0, 0.1) is 0 Å². The number of pyridine rings is 1. The minimum atomic E-state index is 0.0212. The maximum atomic E-state index is 8.83. The average molecular weight is 228 g/mol. The number of nitrogens with zero attached hydrogens (tertiary/aromatic N) is 3. The Bertz CT molecular complexity index is 412. The molecule has 0 saturated carbocycles. The summed E-state index contributed by atoms with van der Waals surface area (Å²) in [5.74, 6) is 0. The van der Waals surface area contributed by atoms with Gasteiger partial charge < -0.3 is 5.11 Å². The van der Waals surface area contributed by atoms with Gasteiger partial charge in [-0.25, -0.2) is 9.50 Å². The maximum absolute atomic E-state index is 8.83. The van der Waals surface area contributed by atoms with Gasteiger partial charge in [0.1, 0.15) is 0 Å². The third kappa shape index (κ3) is 1.21. The van der Waals surface area contributed by atoms with Crippen molar-refractivity contribution in [1.29, 1.82) is 0 Å². The molecule has 2 heterocycles. The van der Waals surface area contributed by atoms with Crippen LogP contribution in [0.1, 0.15) is 5.56 Å². The van der Waals surface area contributed by atoms with Gasteiger partial charge >= 0.3 is 0 Å². The van der Waals surface area contributed by atoms with E-state index in [4.69, 9.17) is 5.11 Å². The molecule has 0 aliphatic heterocycles. The standard InChI is InChI=1S/C7H6BrN3O/c8-7-9-6-2-1-5(4-12)3-11(6)10-7/h1-3,12H,4H2. The van der Waals surface area contributed by atoms with Crippen LogP contribution in [0.25, 0.3) is 5.65 Å². The van der Waals surface area contributed by atoms with Gasteiger partial charge in [-0.15, -0.1) is 5.10 Å². The Labute approximate surface area is 77.0 Å². The van der Waals surface area contributed by atoms with Gasteiger partial charge in [-0.3, -0.25) is 0 Å². The van der Waals surface area contributed by atoms with E-state index < -0.39 is 0 Å². The Morgan fingerprint density at radius 2 is 2.33 bits per heavy atom. The highest BCUT2D eigenvalue weighted by Gasteiger charge is 1.99. The third-order valence-corrected chi connectivity index (χ3v) is 1.88. The predicted octanol–water partition coefficient (Wildman–Crippen LogP) is 0.984. The Kier molecular flexibility index (Phi) is 1.82. The first-order valence-electron chi connectivity index (χ1n) is 3.41. The highest BCUT2D eigenvalue weighted by Crippen LogP contribution is 2.08. The summed E-state index contributed by atoms with van der Waals surface area (Å²) in [5, 5.41) is 12.9. The summed E-state index contributed by atoms with van der Waals surface area (Å²) in [7, 11) is 0. The fourth-order valence-corrected chi connectivity index (χ4v) is 1.34. The van der Waals surface area contributed by atoms with Gasteiger partial charge in [-0.1, -0.05) is 6.07 Å². The van der Waals surface area contributed by atoms with Crippen molar-refractivity contribution in [3.05, 3.63) is 28.6 Å². The minimum Gasteiger partial charge on any atom is -0.392 e. The number of halogens is 1. The van der Waals surface area contributed by atoms with Crippen LogP contribution in [-0.2, 0) is 6.61 Å². The summed E-state index contributed by atoms with van der Waals surface area (Å²) < 4.78 is 2.17. The number of aliphatic hydroxyl groups excluding tert-OH is 1. The lowest BCUT2D eigenvalue weighted by Gasteiger charge is -1.94. The Morgan fingerprint density at radius 3 is 3.08 bits per heavy atom. The quantitative estimate of drug-likeness (QED) is 0.791. The molecule has 5 heteroatoms. The summed E-state index contributed by atoms with van der Waals surface area (Å²) in [6.45, 7) is 0.0212. The smallest absolute Gasteiger partial charge is 0.218 e. The van der Waals surface area contributed by atoms with Gasteiger partial charge in [-0.05, 0) is 27.6 Å². The van der Waals surface area contributed by atoms with E-state index in [0.29, 0.717) is 4.73 Å². The largest absolute Gasteiger partial charge is 0.392 e. The van der Waals surface area contributed by atoms with Crippen LogP contribution in [0.2, 0.25) is 0 Å². The molecule has 0 atom stereocenters. The number of rotatable bonds is 1. The van der Waals surface area contributed by atoms with Gasteiger partial charge in [0.15, 0.2) is 5.65 Å². The zero-order chi connectivity index (χ0) is 8.55. The van der Waals surface area contributed by atoms with E-state index in [2.05, 4.69) is 26.0 Å². The van der Waals surface area contributed by atoms with Crippen molar-refractivity contribution in [1.82, 2.24) is 14.6 Å². The molecule has 0 spiro atoms. The van der Waals surface area contributed by atoms with E-state index in [0.717, 1.165) is 11.2 Å². The lowest BCUT2D eigenvalue weighted by atomic mass is 10.3. The summed E-state index contributed by atoms with van der Waals surface area (Å²) in [6.07, 6.45) is 1.74. The van der Waals surface area contributed by atoms with Crippen molar-refractivity contribution in [2.24, 2.45) is 0 Å². The Hall–Kier alpha value is -0.940. The van der Waals surface area contributed by atoms with Crippen molar-refractivity contribution >= 4 is 21.6 Å². The first-order chi connectivity index (χ1) is 5.79. The van der Waals surface area contributed by atoms with E-state index in [9.17, 15) is 0 Å². The number of hydrogen-bond donors (Lipinski definition) is 1. The molecule has 1 N–H and O–H groups in total. The van der Waals surface area contributed by atoms with E-state index in [1.54, 1.807) is 10.7 Å². The highest BCUT2D eigenvalue weighted by molar-refractivity contribution is 9.10. The normalized spacial score (nSPS) is 10.8. The molecule has 0 unspecified atom stereocenters. The molecule has 4 nitrogen and oxygen atoms in total. The van der Waals surface area contributed by atoms with E-state index in [-0.39, 0.29) is 6.61 Å². The molecule has 0 amide bonds. The summed E-state index contributed by atoms with van der Waals surface area (Å²) in [6, 6.07) is 3.62. The second kappa shape index (κ2) is 2.84. The molecule has 0 fully saturated rings. The molecule has 0 aliphatic rings. The lowest BCUT2D eigenvalue weighted by molar-refractivity contribution is 0.281. The van der Waals surface area contributed by atoms with E-state index >= 15 is 0 Å². The fraction of sp³-hybridized carbons (Fsp3) is 0.143. The van der Waals surface area contributed by atoms with Crippen molar-refractivity contribution in [3.63, 3.8) is 0 Å². The van der Waals surface area contributed by atoms with Crippen LogP contribution in [0.4, 0.5) is 0 Å². The Morgan fingerprint density at radius 1 is 1.50 bits per heavy atom. The maximum Gasteiger partial charge on any atom is 0.218 e. The van der Waals surface area contributed by atoms with Gasteiger partial charge in [-0.2, -0.15) is 0 Å². The topological polar surface area (TPSA) is 50.4 Å². The first kappa shape index (κ1) is 7.70. The van der Waals surface area contributed by atoms with Crippen LogP contribution in [0.3, 0.4) is 0 Å². The molecule has 0 aliphatic carbocycles. The van der Waals surface area contributed by atoms with E-state index in [1.807, 2.05) is 12.1 Å². The zero-order valence-corrected chi connectivity index (χ0v) is 7.69. The van der Waals surface area contributed by atoms with Crippen LogP contribution in [0.5, 0.6) is 0 Å². The van der Waals surface area contributed by atoms with Crippen LogP contribution in [0.15, 0.2) is 23.1 Å². The molecule has 62 valence electrons. The van der Waals surface area contributed by atoms with Gasteiger partial charge in [0.05, 0.1) is 6.61 Å². The Balaban J connectivity index is 2.66. The predicted molar refractivity (Wildman–Crippen MR) is 46.6 cm³/mol. The molecular weight excluding hydrogens is 222 g/mol. The third-order valence-electron chi connectivity index (χ3n) is 1.55. The molecule has 0 bridgehead atoms.